The predicted octanol–water partition coefficient (Wildman–Crippen LogP) is 1.66. The highest BCUT2D eigenvalue weighted by molar-refractivity contribution is 7.89. The molecule has 0 spiro atoms. The van der Waals surface area contributed by atoms with Crippen molar-refractivity contribution in [3.8, 4) is 0 Å². The van der Waals surface area contributed by atoms with Crippen LogP contribution in [0.3, 0.4) is 0 Å². The number of rotatable bonds is 7. The van der Waals surface area contributed by atoms with Crippen molar-refractivity contribution in [2.45, 2.75) is 31.2 Å². The maximum absolute atomic E-state index is 12.6. The summed E-state index contributed by atoms with van der Waals surface area (Å²) in [6.07, 6.45) is 0.165. The molecule has 0 saturated carbocycles. The van der Waals surface area contributed by atoms with Gasteiger partial charge in [-0.15, -0.1) is 0 Å². The van der Waals surface area contributed by atoms with Crippen molar-refractivity contribution in [1.29, 1.82) is 0 Å². The van der Waals surface area contributed by atoms with Gasteiger partial charge in [-0.05, 0) is 29.7 Å². The summed E-state index contributed by atoms with van der Waals surface area (Å²) in [7, 11) is -3.87. The molecule has 0 bridgehead atoms. The average molecular weight is 389 g/mol. The number of carbonyl (C=O) groups excluding carboxylic acids is 2. The Balaban J connectivity index is 2.08. The van der Waals surface area contributed by atoms with Crippen LogP contribution in [0.15, 0.2) is 59.5 Å². The van der Waals surface area contributed by atoms with Crippen molar-refractivity contribution < 1.29 is 18.0 Å². The zero-order chi connectivity index (χ0) is 20.0. The first-order valence-electron chi connectivity index (χ1n) is 8.44. The summed E-state index contributed by atoms with van der Waals surface area (Å²) in [5.41, 5.74) is 1.13. The topological polar surface area (TPSA) is 118 Å². The molecule has 2 aromatic rings. The Hall–Kier alpha value is -2.71. The quantitative estimate of drug-likeness (QED) is 0.667. The SMILES string of the molecule is CC(C)[C@H](NC(=O)Cc1ccccc1)C(=O)Nc1cccc(S(N)(=O)=O)c1. The van der Waals surface area contributed by atoms with Crippen molar-refractivity contribution in [1.82, 2.24) is 5.32 Å². The third-order valence-corrected chi connectivity index (χ3v) is 4.81. The van der Waals surface area contributed by atoms with Gasteiger partial charge in [-0.2, -0.15) is 0 Å². The van der Waals surface area contributed by atoms with Crippen LogP contribution in [-0.2, 0) is 26.0 Å². The lowest BCUT2D eigenvalue weighted by atomic mass is 10.0. The molecule has 4 N–H and O–H groups in total. The maximum Gasteiger partial charge on any atom is 0.247 e. The van der Waals surface area contributed by atoms with Crippen LogP contribution in [0.25, 0.3) is 0 Å². The smallest absolute Gasteiger partial charge is 0.247 e. The Morgan fingerprint density at radius 1 is 1.04 bits per heavy atom. The Labute approximate surface area is 159 Å². The fraction of sp³-hybridized carbons (Fsp3) is 0.263. The summed E-state index contributed by atoms with van der Waals surface area (Å²) >= 11 is 0. The van der Waals surface area contributed by atoms with E-state index in [1.54, 1.807) is 6.07 Å². The maximum atomic E-state index is 12.6. The lowest BCUT2D eigenvalue weighted by Crippen LogP contribution is -2.47. The normalized spacial score (nSPS) is 12.4. The lowest BCUT2D eigenvalue weighted by molar-refractivity contribution is -0.127. The van der Waals surface area contributed by atoms with Crippen molar-refractivity contribution in [2.75, 3.05) is 5.32 Å². The first-order valence-corrected chi connectivity index (χ1v) is 9.98. The minimum absolute atomic E-state index is 0.102. The van der Waals surface area contributed by atoms with E-state index in [0.717, 1.165) is 5.56 Å². The fourth-order valence-electron chi connectivity index (χ4n) is 2.51. The molecule has 1 atom stereocenters. The number of amides is 2. The van der Waals surface area contributed by atoms with Crippen LogP contribution in [0.2, 0.25) is 0 Å². The number of nitrogens with one attached hydrogen (secondary N) is 2. The lowest BCUT2D eigenvalue weighted by Gasteiger charge is -2.22. The zero-order valence-electron chi connectivity index (χ0n) is 15.2. The van der Waals surface area contributed by atoms with Crippen LogP contribution >= 0.6 is 0 Å². The van der Waals surface area contributed by atoms with E-state index in [1.807, 2.05) is 44.2 Å². The van der Waals surface area contributed by atoms with Gasteiger partial charge in [0.15, 0.2) is 0 Å². The third kappa shape index (κ3) is 6.19. The van der Waals surface area contributed by atoms with Crippen LogP contribution in [0, 0.1) is 5.92 Å². The molecule has 27 heavy (non-hydrogen) atoms. The number of primary sulfonamides is 1. The highest BCUT2D eigenvalue weighted by Crippen LogP contribution is 2.15. The Morgan fingerprint density at radius 3 is 2.30 bits per heavy atom. The number of anilines is 1. The van der Waals surface area contributed by atoms with Crippen molar-refractivity contribution >= 4 is 27.5 Å². The molecule has 2 amide bonds. The molecule has 0 aromatic heterocycles. The van der Waals surface area contributed by atoms with Gasteiger partial charge < -0.3 is 10.6 Å². The largest absolute Gasteiger partial charge is 0.344 e. The molecule has 0 aliphatic rings. The van der Waals surface area contributed by atoms with Gasteiger partial charge >= 0.3 is 0 Å². The molecule has 0 saturated heterocycles. The zero-order valence-corrected chi connectivity index (χ0v) is 16.0. The van der Waals surface area contributed by atoms with Crippen molar-refractivity contribution in [3.05, 3.63) is 60.2 Å². The number of hydrogen-bond donors (Lipinski definition) is 3. The van der Waals surface area contributed by atoms with Crippen LogP contribution in [0.4, 0.5) is 5.69 Å². The molecule has 0 heterocycles. The molecule has 0 fully saturated rings. The monoisotopic (exact) mass is 389 g/mol. The van der Waals surface area contributed by atoms with Crippen LogP contribution in [0.5, 0.6) is 0 Å². The van der Waals surface area contributed by atoms with Gasteiger partial charge in [0.2, 0.25) is 21.8 Å². The number of carbonyl (C=O) groups is 2. The summed E-state index contributed by atoms with van der Waals surface area (Å²) in [5, 5.41) is 10.5. The first-order chi connectivity index (χ1) is 12.7. The number of benzene rings is 2. The summed E-state index contributed by atoms with van der Waals surface area (Å²) in [5.74, 6) is -0.863. The van der Waals surface area contributed by atoms with E-state index in [4.69, 9.17) is 5.14 Å². The first kappa shape index (κ1) is 20.6. The fourth-order valence-corrected chi connectivity index (χ4v) is 3.07. The number of nitrogens with two attached hydrogens (primary N) is 1. The standard InChI is InChI=1S/C19H23N3O4S/c1-13(2)18(22-17(23)11-14-7-4-3-5-8-14)19(24)21-15-9-6-10-16(12-15)27(20,25)26/h3-10,12-13,18H,11H2,1-2H3,(H,21,24)(H,22,23)(H2,20,25,26)/t18-/m0/s1. The summed E-state index contributed by atoms with van der Waals surface area (Å²) < 4.78 is 22.9. The molecule has 7 nitrogen and oxygen atoms in total. The van der Waals surface area contributed by atoms with Crippen molar-refractivity contribution in [3.63, 3.8) is 0 Å². The molecule has 0 aliphatic carbocycles. The summed E-state index contributed by atoms with van der Waals surface area (Å²) in [4.78, 5) is 24.8. The number of sulfonamides is 1. The van der Waals surface area contributed by atoms with Crippen LogP contribution < -0.4 is 15.8 Å². The highest BCUT2D eigenvalue weighted by atomic mass is 32.2. The van der Waals surface area contributed by atoms with E-state index in [0.29, 0.717) is 0 Å². The van der Waals surface area contributed by atoms with E-state index in [1.165, 1.54) is 18.2 Å². The van der Waals surface area contributed by atoms with E-state index in [9.17, 15) is 18.0 Å². The molecule has 0 unspecified atom stereocenters. The van der Waals surface area contributed by atoms with E-state index in [-0.39, 0.29) is 28.8 Å². The van der Waals surface area contributed by atoms with Crippen molar-refractivity contribution in [2.24, 2.45) is 11.1 Å². The van der Waals surface area contributed by atoms with Gasteiger partial charge in [-0.3, -0.25) is 9.59 Å². The third-order valence-electron chi connectivity index (χ3n) is 3.90. The average Bonchev–Trinajstić information content (AvgIpc) is 2.59. The second-order valence-electron chi connectivity index (χ2n) is 6.51. The van der Waals surface area contributed by atoms with Gasteiger partial charge in [-0.25, -0.2) is 13.6 Å². The molecular formula is C19H23N3O4S. The molecular weight excluding hydrogens is 366 g/mol. The van der Waals surface area contributed by atoms with Crippen LogP contribution in [-0.4, -0.2) is 26.3 Å². The van der Waals surface area contributed by atoms with Gasteiger partial charge in [-0.1, -0.05) is 50.2 Å². The highest BCUT2D eigenvalue weighted by Gasteiger charge is 2.24. The second-order valence-corrected chi connectivity index (χ2v) is 8.08. The minimum atomic E-state index is -3.87. The minimum Gasteiger partial charge on any atom is -0.344 e. The molecule has 0 radical (unpaired) electrons. The van der Waals surface area contributed by atoms with E-state index in [2.05, 4.69) is 10.6 Å². The number of hydrogen-bond acceptors (Lipinski definition) is 4. The van der Waals surface area contributed by atoms with Gasteiger partial charge in [0.1, 0.15) is 6.04 Å². The predicted molar refractivity (Wildman–Crippen MR) is 103 cm³/mol. The summed E-state index contributed by atoms with van der Waals surface area (Å²) in [6, 6.07) is 14.1. The van der Waals surface area contributed by atoms with E-state index < -0.39 is 22.0 Å². The molecule has 0 aliphatic heterocycles. The van der Waals surface area contributed by atoms with E-state index >= 15 is 0 Å². The Morgan fingerprint density at radius 2 is 1.70 bits per heavy atom. The molecule has 144 valence electrons. The Kier molecular flexibility index (Phi) is 6.70. The molecule has 8 heteroatoms. The van der Waals surface area contributed by atoms with Crippen LogP contribution in [0.1, 0.15) is 19.4 Å². The van der Waals surface area contributed by atoms with Gasteiger partial charge in [0.05, 0.1) is 11.3 Å². The van der Waals surface area contributed by atoms with Gasteiger partial charge in [0, 0.05) is 5.69 Å². The molecule has 2 aromatic carbocycles. The summed E-state index contributed by atoms with van der Waals surface area (Å²) in [6.45, 7) is 3.63. The Bertz CT molecular complexity index is 912. The molecule has 2 rings (SSSR count). The van der Waals surface area contributed by atoms with Gasteiger partial charge in [0.25, 0.3) is 0 Å². The second kappa shape index (κ2) is 8.79.